The second kappa shape index (κ2) is 4.94. The molecule has 7 nitrogen and oxygen atoms in total. The molecule has 0 aliphatic heterocycles. The molecule has 0 saturated heterocycles. The monoisotopic (exact) mass is 239 g/mol. The van der Waals surface area contributed by atoms with Crippen LogP contribution >= 0.6 is 0 Å². The summed E-state index contributed by atoms with van der Waals surface area (Å²) in [6, 6.07) is 0. The van der Waals surface area contributed by atoms with Crippen molar-refractivity contribution in [2.45, 2.75) is 13.3 Å². The Morgan fingerprint density at radius 2 is 1.76 bits per heavy atom. The van der Waals surface area contributed by atoms with E-state index in [1.165, 1.54) is 0 Å². The van der Waals surface area contributed by atoms with Crippen LogP contribution in [0.15, 0.2) is 0 Å². The number of anilines is 2. The number of rotatable bonds is 4. The molecule has 7 heteroatoms. The Morgan fingerprint density at radius 3 is 2.12 bits per heavy atom. The molecule has 0 atom stereocenters. The van der Waals surface area contributed by atoms with E-state index < -0.39 is 4.92 Å². The lowest BCUT2D eigenvalue weighted by Crippen LogP contribution is -2.20. The molecular weight excluding hydrogens is 222 g/mol. The van der Waals surface area contributed by atoms with Crippen LogP contribution in [0.1, 0.15) is 12.6 Å². The lowest BCUT2D eigenvalue weighted by atomic mass is 10.2. The molecule has 0 saturated carbocycles. The molecule has 1 rings (SSSR count). The molecule has 0 spiro atoms. The van der Waals surface area contributed by atoms with Gasteiger partial charge in [-0.05, 0) is 6.42 Å². The SMILES string of the molecule is CCc1nc(N(C)C)nc(N(C)C)c1[N+](=O)[O-]. The topological polar surface area (TPSA) is 75.4 Å². The van der Waals surface area contributed by atoms with E-state index in [4.69, 9.17) is 0 Å². The predicted molar refractivity (Wildman–Crippen MR) is 66.7 cm³/mol. The summed E-state index contributed by atoms with van der Waals surface area (Å²) in [5, 5.41) is 11.1. The molecule has 1 aromatic rings. The van der Waals surface area contributed by atoms with Crippen molar-refractivity contribution in [1.82, 2.24) is 9.97 Å². The fourth-order valence-corrected chi connectivity index (χ4v) is 1.42. The summed E-state index contributed by atoms with van der Waals surface area (Å²) >= 11 is 0. The molecular formula is C10H17N5O2. The Balaban J connectivity index is 3.51. The third-order valence-electron chi connectivity index (χ3n) is 2.27. The summed E-state index contributed by atoms with van der Waals surface area (Å²) in [7, 11) is 7.07. The van der Waals surface area contributed by atoms with Gasteiger partial charge in [-0.2, -0.15) is 4.98 Å². The Kier molecular flexibility index (Phi) is 3.82. The number of nitro groups is 1. The van der Waals surface area contributed by atoms with Crippen LogP contribution in [0, 0.1) is 10.1 Å². The first kappa shape index (κ1) is 13.1. The van der Waals surface area contributed by atoms with Crippen LogP contribution in [-0.4, -0.2) is 43.1 Å². The van der Waals surface area contributed by atoms with Crippen molar-refractivity contribution < 1.29 is 4.92 Å². The van der Waals surface area contributed by atoms with Gasteiger partial charge in [0, 0.05) is 28.2 Å². The van der Waals surface area contributed by atoms with Gasteiger partial charge in [0.05, 0.1) is 4.92 Å². The number of hydrogen-bond acceptors (Lipinski definition) is 6. The normalized spacial score (nSPS) is 10.2. The van der Waals surface area contributed by atoms with Gasteiger partial charge in [-0.3, -0.25) is 10.1 Å². The largest absolute Gasteiger partial charge is 0.357 e. The quantitative estimate of drug-likeness (QED) is 0.578. The summed E-state index contributed by atoms with van der Waals surface area (Å²) in [6.45, 7) is 1.84. The van der Waals surface area contributed by atoms with E-state index in [-0.39, 0.29) is 5.69 Å². The maximum Gasteiger partial charge on any atom is 0.332 e. The molecule has 1 heterocycles. The number of aryl methyl sites for hydroxylation is 1. The predicted octanol–water partition coefficient (Wildman–Crippen LogP) is 1.08. The fraction of sp³-hybridized carbons (Fsp3) is 0.600. The first-order valence-corrected chi connectivity index (χ1v) is 5.28. The molecule has 0 aromatic carbocycles. The van der Waals surface area contributed by atoms with Gasteiger partial charge in [0.2, 0.25) is 11.8 Å². The van der Waals surface area contributed by atoms with Crippen LogP contribution in [0.25, 0.3) is 0 Å². The van der Waals surface area contributed by atoms with Gasteiger partial charge in [0.25, 0.3) is 0 Å². The van der Waals surface area contributed by atoms with Crippen LogP contribution in [0.2, 0.25) is 0 Å². The fourth-order valence-electron chi connectivity index (χ4n) is 1.42. The van der Waals surface area contributed by atoms with E-state index in [0.717, 1.165) is 0 Å². The Bertz CT molecular complexity index is 431. The van der Waals surface area contributed by atoms with E-state index in [9.17, 15) is 10.1 Å². The standard InChI is InChI=1S/C10H17N5O2/c1-6-7-8(15(16)17)9(13(2)3)12-10(11-7)14(4)5/h6H2,1-5H3. The highest BCUT2D eigenvalue weighted by Crippen LogP contribution is 2.29. The van der Waals surface area contributed by atoms with E-state index in [1.54, 1.807) is 38.0 Å². The smallest absolute Gasteiger partial charge is 0.332 e. The third-order valence-corrected chi connectivity index (χ3v) is 2.27. The lowest BCUT2D eigenvalue weighted by Gasteiger charge is -2.17. The number of aromatic nitrogens is 2. The molecule has 0 unspecified atom stereocenters. The second-order valence-electron chi connectivity index (χ2n) is 4.04. The molecule has 0 bridgehead atoms. The summed E-state index contributed by atoms with van der Waals surface area (Å²) in [4.78, 5) is 22.4. The molecule has 1 aromatic heterocycles. The summed E-state index contributed by atoms with van der Waals surface area (Å²) in [5.41, 5.74) is 0.445. The van der Waals surface area contributed by atoms with E-state index in [1.807, 2.05) is 6.92 Å². The second-order valence-corrected chi connectivity index (χ2v) is 4.04. The molecule has 0 amide bonds. The summed E-state index contributed by atoms with van der Waals surface area (Å²) < 4.78 is 0. The molecule has 17 heavy (non-hydrogen) atoms. The van der Waals surface area contributed by atoms with E-state index in [0.29, 0.717) is 23.9 Å². The summed E-state index contributed by atoms with van der Waals surface area (Å²) in [6.07, 6.45) is 0.501. The van der Waals surface area contributed by atoms with Gasteiger partial charge in [-0.25, -0.2) is 4.98 Å². The zero-order valence-corrected chi connectivity index (χ0v) is 10.8. The van der Waals surface area contributed by atoms with Crippen LogP contribution in [0.5, 0.6) is 0 Å². The van der Waals surface area contributed by atoms with Gasteiger partial charge in [0.15, 0.2) is 0 Å². The molecule has 94 valence electrons. The first-order valence-electron chi connectivity index (χ1n) is 5.28. The van der Waals surface area contributed by atoms with Crippen LogP contribution in [0.3, 0.4) is 0 Å². The average molecular weight is 239 g/mol. The highest BCUT2D eigenvalue weighted by Gasteiger charge is 2.25. The van der Waals surface area contributed by atoms with Crippen LogP contribution < -0.4 is 9.80 Å². The minimum atomic E-state index is -0.423. The van der Waals surface area contributed by atoms with Crippen molar-refractivity contribution in [3.05, 3.63) is 15.8 Å². The highest BCUT2D eigenvalue weighted by molar-refractivity contribution is 5.62. The summed E-state index contributed by atoms with van der Waals surface area (Å²) in [5.74, 6) is 0.821. The third kappa shape index (κ3) is 2.61. The van der Waals surface area contributed by atoms with Gasteiger partial charge >= 0.3 is 5.69 Å². The molecule has 0 radical (unpaired) electrons. The van der Waals surface area contributed by atoms with Crippen molar-refractivity contribution in [2.75, 3.05) is 38.0 Å². The van der Waals surface area contributed by atoms with Crippen LogP contribution in [0.4, 0.5) is 17.5 Å². The first-order chi connectivity index (χ1) is 7.88. The van der Waals surface area contributed by atoms with Gasteiger partial charge in [-0.1, -0.05) is 6.92 Å². The van der Waals surface area contributed by atoms with E-state index in [2.05, 4.69) is 9.97 Å². The zero-order chi connectivity index (χ0) is 13.2. The van der Waals surface area contributed by atoms with Crippen molar-refractivity contribution >= 4 is 17.5 Å². The molecule has 0 aliphatic carbocycles. The lowest BCUT2D eigenvalue weighted by molar-refractivity contribution is -0.385. The van der Waals surface area contributed by atoms with Crippen molar-refractivity contribution in [3.8, 4) is 0 Å². The molecule has 0 aliphatic rings. The van der Waals surface area contributed by atoms with Crippen molar-refractivity contribution in [3.63, 3.8) is 0 Å². The van der Waals surface area contributed by atoms with Crippen molar-refractivity contribution in [1.29, 1.82) is 0 Å². The molecule has 0 N–H and O–H groups in total. The van der Waals surface area contributed by atoms with Gasteiger partial charge in [-0.15, -0.1) is 0 Å². The zero-order valence-electron chi connectivity index (χ0n) is 10.8. The van der Waals surface area contributed by atoms with E-state index >= 15 is 0 Å². The number of nitrogens with zero attached hydrogens (tertiary/aromatic N) is 5. The Hall–Kier alpha value is -1.92. The number of hydrogen-bond donors (Lipinski definition) is 0. The maximum atomic E-state index is 11.1. The van der Waals surface area contributed by atoms with Crippen LogP contribution in [-0.2, 0) is 6.42 Å². The Morgan fingerprint density at radius 1 is 1.18 bits per heavy atom. The minimum absolute atomic E-state index is 0.0110. The van der Waals surface area contributed by atoms with Gasteiger partial charge < -0.3 is 9.80 Å². The maximum absolute atomic E-state index is 11.1. The molecule has 0 fully saturated rings. The average Bonchev–Trinajstić information content (AvgIpc) is 2.26. The Labute approximate surface area is 100 Å². The van der Waals surface area contributed by atoms with Gasteiger partial charge in [0.1, 0.15) is 5.69 Å². The highest BCUT2D eigenvalue weighted by atomic mass is 16.6. The van der Waals surface area contributed by atoms with Crippen molar-refractivity contribution in [2.24, 2.45) is 0 Å². The minimum Gasteiger partial charge on any atom is -0.357 e.